The van der Waals surface area contributed by atoms with Crippen LogP contribution in [0.2, 0.25) is 0 Å². The minimum atomic E-state index is -4.25. The smallest absolute Gasteiger partial charge is 0.388 e. The van der Waals surface area contributed by atoms with E-state index < -0.39 is 17.7 Å². The molecule has 126 valence electrons. The number of alkyl halides is 3. The average molecular weight is 328 g/mol. The molecule has 0 aliphatic heterocycles. The summed E-state index contributed by atoms with van der Waals surface area (Å²) >= 11 is 0. The number of nitrogens with one attached hydrogen (secondary N) is 1. The van der Waals surface area contributed by atoms with E-state index in [0.717, 1.165) is 11.2 Å². The van der Waals surface area contributed by atoms with Gasteiger partial charge in [0.1, 0.15) is 5.52 Å². The van der Waals surface area contributed by atoms with Crippen LogP contribution in [0.1, 0.15) is 31.4 Å². The van der Waals surface area contributed by atoms with E-state index in [1.165, 1.54) is 0 Å². The van der Waals surface area contributed by atoms with E-state index in [1.54, 1.807) is 16.9 Å². The van der Waals surface area contributed by atoms with Crippen molar-refractivity contribution in [2.45, 2.75) is 44.4 Å². The monoisotopic (exact) mass is 328 g/mol. The molecule has 5 nitrogen and oxygen atoms in total. The second-order valence-electron chi connectivity index (χ2n) is 6.30. The number of nitrogens with zero attached hydrogens (tertiary/aromatic N) is 3. The van der Waals surface area contributed by atoms with Crippen molar-refractivity contribution < 1.29 is 18.3 Å². The Morgan fingerprint density at radius 1 is 1.48 bits per heavy atom. The molecule has 2 N–H and O–H groups in total. The van der Waals surface area contributed by atoms with Gasteiger partial charge in [-0.1, -0.05) is 0 Å². The van der Waals surface area contributed by atoms with E-state index in [0.29, 0.717) is 18.7 Å². The number of aliphatic hydroxyl groups is 1. The van der Waals surface area contributed by atoms with Crippen LogP contribution in [0.4, 0.5) is 19.0 Å². The Labute approximate surface area is 131 Å². The van der Waals surface area contributed by atoms with Crippen LogP contribution in [-0.2, 0) is 0 Å². The van der Waals surface area contributed by atoms with E-state index >= 15 is 0 Å². The Balaban J connectivity index is 1.73. The Morgan fingerprint density at radius 3 is 3.00 bits per heavy atom. The van der Waals surface area contributed by atoms with Gasteiger partial charge in [-0.15, -0.1) is 0 Å². The molecule has 1 fully saturated rings. The number of fused-ring (bicyclic) bond motifs is 1. The lowest BCUT2D eigenvalue weighted by molar-refractivity contribution is -0.199. The predicted molar refractivity (Wildman–Crippen MR) is 79.2 cm³/mol. The van der Waals surface area contributed by atoms with Crippen molar-refractivity contribution in [3.63, 3.8) is 0 Å². The van der Waals surface area contributed by atoms with Crippen LogP contribution in [0.25, 0.3) is 5.52 Å². The molecule has 23 heavy (non-hydrogen) atoms. The molecule has 0 bridgehead atoms. The molecule has 1 saturated carbocycles. The first-order chi connectivity index (χ1) is 10.8. The molecule has 3 rings (SSSR count). The highest BCUT2D eigenvalue weighted by atomic mass is 19.4. The lowest BCUT2D eigenvalue weighted by Crippen LogP contribution is -2.45. The summed E-state index contributed by atoms with van der Waals surface area (Å²) in [4.78, 5) is 4.20. The van der Waals surface area contributed by atoms with Gasteiger partial charge in [0, 0.05) is 18.9 Å². The van der Waals surface area contributed by atoms with Crippen LogP contribution in [0, 0.1) is 12.8 Å². The fraction of sp³-hybridized carbons (Fsp3) is 0.600. The van der Waals surface area contributed by atoms with E-state index in [-0.39, 0.29) is 19.4 Å². The molecular formula is C15H19F3N4O. The maximum absolute atomic E-state index is 12.9. The van der Waals surface area contributed by atoms with Crippen LogP contribution < -0.4 is 5.32 Å². The molecule has 2 heterocycles. The van der Waals surface area contributed by atoms with Gasteiger partial charge in [0.2, 0.25) is 0 Å². The van der Waals surface area contributed by atoms with Crippen LogP contribution in [0.5, 0.6) is 0 Å². The Hall–Kier alpha value is -1.83. The summed E-state index contributed by atoms with van der Waals surface area (Å²) in [5, 5.41) is 17.8. The van der Waals surface area contributed by atoms with Crippen molar-refractivity contribution >= 4 is 11.3 Å². The van der Waals surface area contributed by atoms with Crippen LogP contribution in [0.15, 0.2) is 18.5 Å². The highest BCUT2D eigenvalue weighted by Crippen LogP contribution is 2.41. The van der Waals surface area contributed by atoms with E-state index in [4.69, 9.17) is 0 Å². The van der Waals surface area contributed by atoms with E-state index in [2.05, 4.69) is 15.4 Å². The Kier molecular flexibility index (Phi) is 3.95. The normalized spacial score (nSPS) is 25.7. The number of aromatic nitrogens is 3. The van der Waals surface area contributed by atoms with Gasteiger partial charge in [-0.05, 0) is 38.7 Å². The topological polar surface area (TPSA) is 62.5 Å². The lowest BCUT2D eigenvalue weighted by atomic mass is 9.77. The molecule has 1 aliphatic carbocycles. The number of hydrogen-bond acceptors (Lipinski definition) is 4. The van der Waals surface area contributed by atoms with Gasteiger partial charge in [-0.2, -0.15) is 18.3 Å². The zero-order chi connectivity index (χ0) is 16.7. The Bertz CT molecular complexity index is 700. The molecule has 0 saturated heterocycles. The number of aryl methyl sites for hydroxylation is 1. The molecule has 0 radical (unpaired) electrons. The fourth-order valence-electron chi connectivity index (χ4n) is 3.21. The van der Waals surface area contributed by atoms with Crippen LogP contribution >= 0.6 is 0 Å². The highest BCUT2D eigenvalue weighted by Gasteiger charge is 2.46. The quantitative estimate of drug-likeness (QED) is 0.909. The number of hydrogen-bond donors (Lipinski definition) is 2. The van der Waals surface area contributed by atoms with E-state index in [9.17, 15) is 18.3 Å². The second kappa shape index (κ2) is 5.67. The summed E-state index contributed by atoms with van der Waals surface area (Å²) in [5.74, 6) is -0.931. The number of halogens is 3. The number of anilines is 1. The molecular weight excluding hydrogens is 309 g/mol. The first-order valence-corrected chi connectivity index (χ1v) is 7.61. The summed E-state index contributed by atoms with van der Waals surface area (Å²) in [6.45, 7) is 1.88. The van der Waals surface area contributed by atoms with Crippen molar-refractivity contribution in [3.05, 3.63) is 24.2 Å². The van der Waals surface area contributed by atoms with Gasteiger partial charge in [0.15, 0.2) is 5.82 Å². The zero-order valence-corrected chi connectivity index (χ0v) is 12.8. The molecule has 2 aromatic heterocycles. The number of rotatable bonds is 3. The Morgan fingerprint density at radius 2 is 2.26 bits per heavy atom. The van der Waals surface area contributed by atoms with Gasteiger partial charge in [-0.25, -0.2) is 9.50 Å². The summed E-state index contributed by atoms with van der Waals surface area (Å²) in [5.41, 5.74) is 0.175. The lowest BCUT2D eigenvalue weighted by Gasteiger charge is -2.37. The van der Waals surface area contributed by atoms with E-state index in [1.807, 2.05) is 13.0 Å². The van der Waals surface area contributed by atoms with Gasteiger partial charge in [-0.3, -0.25) is 0 Å². The van der Waals surface area contributed by atoms with Gasteiger partial charge >= 0.3 is 6.18 Å². The minimum absolute atomic E-state index is 0.0382. The molecule has 2 aromatic rings. The van der Waals surface area contributed by atoms with Crippen LogP contribution in [0.3, 0.4) is 0 Å². The standard InChI is InChI=1S/C15H19F3N4O/c1-10-7-12-13(19-5-6-22(12)21-10)20-9-14(23)4-2-3-11(8-14)15(16,17)18/h5-7,11,23H,2-4,8-9H2,1H3,(H,19,20)/t11-,14-/m1/s1. The fourth-order valence-corrected chi connectivity index (χ4v) is 3.21. The molecule has 2 atom stereocenters. The van der Waals surface area contributed by atoms with Crippen LogP contribution in [-0.4, -0.2) is 38.0 Å². The highest BCUT2D eigenvalue weighted by molar-refractivity contribution is 5.67. The average Bonchev–Trinajstić information content (AvgIpc) is 2.85. The SMILES string of the molecule is Cc1cc2c(NC[C@@]3(O)CCC[C@@H](C(F)(F)F)C3)nccn2n1. The summed E-state index contributed by atoms with van der Waals surface area (Å²) in [7, 11) is 0. The van der Waals surface area contributed by atoms with Crippen molar-refractivity contribution in [2.24, 2.45) is 5.92 Å². The maximum atomic E-state index is 12.9. The zero-order valence-electron chi connectivity index (χ0n) is 12.8. The second-order valence-corrected chi connectivity index (χ2v) is 6.30. The van der Waals surface area contributed by atoms with Gasteiger partial charge in [0.25, 0.3) is 0 Å². The summed E-state index contributed by atoms with van der Waals surface area (Å²) < 4.78 is 40.4. The third kappa shape index (κ3) is 3.41. The third-order valence-electron chi connectivity index (χ3n) is 4.38. The molecule has 1 aliphatic rings. The molecule has 0 unspecified atom stereocenters. The molecule has 0 amide bonds. The largest absolute Gasteiger partial charge is 0.391 e. The molecule has 0 aromatic carbocycles. The maximum Gasteiger partial charge on any atom is 0.391 e. The predicted octanol–water partition coefficient (Wildman–Crippen LogP) is 2.93. The van der Waals surface area contributed by atoms with Crippen molar-refractivity contribution in [2.75, 3.05) is 11.9 Å². The van der Waals surface area contributed by atoms with Crippen molar-refractivity contribution in [3.8, 4) is 0 Å². The molecule has 8 heteroatoms. The van der Waals surface area contributed by atoms with Crippen molar-refractivity contribution in [1.82, 2.24) is 14.6 Å². The first-order valence-electron chi connectivity index (χ1n) is 7.61. The summed E-state index contributed by atoms with van der Waals surface area (Å²) in [6, 6.07) is 1.83. The third-order valence-corrected chi connectivity index (χ3v) is 4.38. The first kappa shape index (κ1) is 16.0. The molecule has 0 spiro atoms. The van der Waals surface area contributed by atoms with Gasteiger partial charge < -0.3 is 10.4 Å². The van der Waals surface area contributed by atoms with Crippen molar-refractivity contribution in [1.29, 1.82) is 0 Å². The van der Waals surface area contributed by atoms with Gasteiger partial charge in [0.05, 0.1) is 17.2 Å². The summed E-state index contributed by atoms with van der Waals surface area (Å²) in [6.07, 6.45) is -0.463. The minimum Gasteiger partial charge on any atom is -0.388 e.